The molecule has 3 N–H and O–H groups in total. The Balaban J connectivity index is 1.40. The number of fused-ring (bicyclic) bond motifs is 1. The Kier molecular flexibility index (Phi) is 9.26. The lowest BCUT2D eigenvalue weighted by molar-refractivity contribution is -0.138. The van der Waals surface area contributed by atoms with Gasteiger partial charge in [0.25, 0.3) is 5.91 Å². The molecule has 11 nitrogen and oxygen atoms in total. The monoisotopic (exact) mass is 522 g/mol. The zero-order valence-corrected chi connectivity index (χ0v) is 20.9. The number of nitrogens with one attached hydrogen (secondary N) is 2. The van der Waals surface area contributed by atoms with Gasteiger partial charge in [0.15, 0.2) is 5.58 Å². The molecule has 1 aromatic heterocycles. The number of ether oxygens (including phenoxy) is 2. The fourth-order valence-corrected chi connectivity index (χ4v) is 4.22. The number of amides is 1. The minimum absolute atomic E-state index is 0.0688. The van der Waals surface area contributed by atoms with E-state index in [1.165, 1.54) is 4.57 Å². The minimum atomic E-state index is -0.943. The molecule has 200 valence electrons. The van der Waals surface area contributed by atoms with Crippen LogP contribution in [0.2, 0.25) is 0 Å². The predicted octanol–water partition coefficient (Wildman–Crippen LogP) is 1.68. The first-order chi connectivity index (χ1) is 18.4. The summed E-state index contributed by atoms with van der Waals surface area (Å²) in [6.45, 7) is 2.21. The minimum Gasteiger partial charge on any atom is -0.481 e. The van der Waals surface area contributed by atoms with E-state index in [1.54, 1.807) is 6.07 Å². The lowest BCUT2D eigenvalue weighted by Crippen LogP contribution is -2.46. The maximum atomic E-state index is 12.5. The number of aliphatic carboxylic acids is 1. The molecule has 1 fully saturated rings. The van der Waals surface area contributed by atoms with E-state index in [0.29, 0.717) is 30.7 Å². The summed E-state index contributed by atoms with van der Waals surface area (Å²) in [5, 5.41) is 24.2. The van der Waals surface area contributed by atoms with E-state index < -0.39 is 23.9 Å². The molecule has 1 aliphatic rings. The molecule has 1 aliphatic heterocycles. The van der Waals surface area contributed by atoms with E-state index in [2.05, 4.69) is 16.7 Å². The lowest BCUT2D eigenvalue weighted by Gasteiger charge is -2.18. The fraction of sp³-hybridized carbons (Fsp3) is 0.407. The Bertz CT molecular complexity index is 1350. The zero-order chi connectivity index (χ0) is 26.9. The molecule has 3 aromatic rings. The number of nitrogens with zero attached hydrogens (tertiary/aromatic N) is 2. The maximum Gasteiger partial charge on any atom is 0.420 e. The standard InChI is InChI=1S/C27H30N4O7/c28-16-21(30-26(34)24-17-29-9-1-11-37-24)14-18-2-4-19(5-3-18)20-6-7-23-22(15-20)31(27(35)38-23)10-13-36-12-8-25(32)33/h2-7,15,21,24,29H,1,8-14,17H2,(H,30,34)(H,32,33). The number of benzene rings is 2. The van der Waals surface area contributed by atoms with Crippen molar-refractivity contribution in [2.75, 3.05) is 32.9 Å². The molecule has 0 aliphatic carbocycles. The van der Waals surface area contributed by atoms with Gasteiger partial charge in [0, 0.05) is 19.6 Å². The van der Waals surface area contributed by atoms with Gasteiger partial charge in [-0.25, -0.2) is 4.79 Å². The number of rotatable bonds is 11. The molecule has 2 heterocycles. The molecule has 11 heteroatoms. The summed E-state index contributed by atoms with van der Waals surface area (Å²) in [5.41, 5.74) is 3.72. The van der Waals surface area contributed by atoms with Crippen LogP contribution in [0, 0.1) is 11.3 Å². The van der Waals surface area contributed by atoms with Crippen LogP contribution < -0.4 is 16.4 Å². The zero-order valence-electron chi connectivity index (χ0n) is 20.9. The Labute approximate surface area is 218 Å². The first-order valence-electron chi connectivity index (χ1n) is 12.5. The van der Waals surface area contributed by atoms with Crippen LogP contribution in [0.5, 0.6) is 0 Å². The van der Waals surface area contributed by atoms with Gasteiger partial charge in [-0.2, -0.15) is 5.26 Å². The summed E-state index contributed by atoms with van der Waals surface area (Å²) < 4.78 is 17.7. The summed E-state index contributed by atoms with van der Waals surface area (Å²) in [5.74, 6) is -1.75. The normalized spacial score (nSPS) is 16.4. The van der Waals surface area contributed by atoms with Gasteiger partial charge in [0.05, 0.1) is 37.8 Å². The number of carboxylic acid groups (broad SMARTS) is 1. The molecule has 2 unspecified atom stereocenters. The van der Waals surface area contributed by atoms with Crippen molar-refractivity contribution in [1.82, 2.24) is 15.2 Å². The van der Waals surface area contributed by atoms with Crippen molar-refractivity contribution in [1.29, 1.82) is 5.26 Å². The van der Waals surface area contributed by atoms with Crippen LogP contribution in [0.25, 0.3) is 22.2 Å². The van der Waals surface area contributed by atoms with Crippen molar-refractivity contribution in [2.45, 2.75) is 38.0 Å². The van der Waals surface area contributed by atoms with Gasteiger partial charge in [0.2, 0.25) is 0 Å². The van der Waals surface area contributed by atoms with Gasteiger partial charge in [-0.1, -0.05) is 30.3 Å². The highest BCUT2D eigenvalue weighted by atomic mass is 16.5. The molecule has 0 radical (unpaired) electrons. The van der Waals surface area contributed by atoms with Gasteiger partial charge in [-0.3, -0.25) is 14.2 Å². The molecule has 0 saturated carbocycles. The van der Waals surface area contributed by atoms with Crippen LogP contribution in [0.1, 0.15) is 18.4 Å². The van der Waals surface area contributed by atoms with E-state index in [1.807, 2.05) is 36.4 Å². The first-order valence-corrected chi connectivity index (χ1v) is 12.5. The largest absolute Gasteiger partial charge is 0.481 e. The van der Waals surface area contributed by atoms with Crippen molar-refractivity contribution in [3.05, 3.63) is 58.6 Å². The van der Waals surface area contributed by atoms with E-state index >= 15 is 0 Å². The number of oxazole rings is 1. The van der Waals surface area contributed by atoms with Crippen molar-refractivity contribution in [3.8, 4) is 17.2 Å². The first kappa shape index (κ1) is 27.1. The molecule has 1 saturated heterocycles. The molecule has 0 bridgehead atoms. The number of nitriles is 1. The number of hydrogen-bond donors (Lipinski definition) is 3. The fourth-order valence-electron chi connectivity index (χ4n) is 4.22. The van der Waals surface area contributed by atoms with Crippen LogP contribution in [0.3, 0.4) is 0 Å². The van der Waals surface area contributed by atoms with Crippen LogP contribution in [-0.2, 0) is 32.0 Å². The number of carbonyl (C=O) groups is 2. The van der Waals surface area contributed by atoms with Gasteiger partial charge in [-0.15, -0.1) is 0 Å². The van der Waals surface area contributed by atoms with Crippen molar-refractivity contribution in [3.63, 3.8) is 0 Å². The number of carboxylic acids is 1. The number of aromatic nitrogens is 1. The SMILES string of the molecule is N#CC(Cc1ccc(-c2ccc3oc(=O)n(CCOCCC(=O)O)c3c2)cc1)NC(=O)C1CNCCCO1. The highest BCUT2D eigenvalue weighted by molar-refractivity contribution is 5.82. The summed E-state index contributed by atoms with van der Waals surface area (Å²) >= 11 is 0. The molecule has 0 spiro atoms. The van der Waals surface area contributed by atoms with Crippen LogP contribution in [0.4, 0.5) is 0 Å². The molecular formula is C27H30N4O7. The van der Waals surface area contributed by atoms with Crippen LogP contribution in [-0.4, -0.2) is 66.6 Å². The molecular weight excluding hydrogens is 492 g/mol. The lowest BCUT2D eigenvalue weighted by atomic mass is 10.0. The van der Waals surface area contributed by atoms with Crippen LogP contribution >= 0.6 is 0 Å². The molecule has 38 heavy (non-hydrogen) atoms. The number of carbonyl (C=O) groups excluding carboxylic acids is 1. The van der Waals surface area contributed by atoms with Crippen LogP contribution in [0.15, 0.2) is 51.7 Å². The average molecular weight is 523 g/mol. The Morgan fingerprint density at radius 2 is 2.00 bits per heavy atom. The highest BCUT2D eigenvalue weighted by Crippen LogP contribution is 2.25. The Morgan fingerprint density at radius 1 is 1.21 bits per heavy atom. The summed E-state index contributed by atoms with van der Waals surface area (Å²) in [6.07, 6.45) is 0.481. The smallest absolute Gasteiger partial charge is 0.420 e. The molecule has 2 atom stereocenters. The topological polar surface area (TPSA) is 156 Å². The van der Waals surface area contributed by atoms with Gasteiger partial charge >= 0.3 is 11.7 Å². The third kappa shape index (κ3) is 7.07. The summed E-state index contributed by atoms with van der Waals surface area (Å²) in [7, 11) is 0. The van der Waals surface area contributed by atoms with E-state index in [4.69, 9.17) is 19.0 Å². The van der Waals surface area contributed by atoms with E-state index in [9.17, 15) is 19.6 Å². The van der Waals surface area contributed by atoms with Gasteiger partial charge in [-0.05, 0) is 41.8 Å². The quantitative estimate of drug-likeness (QED) is 0.319. The third-order valence-corrected chi connectivity index (χ3v) is 6.23. The molecule has 2 aromatic carbocycles. The highest BCUT2D eigenvalue weighted by Gasteiger charge is 2.23. The number of hydrogen-bond acceptors (Lipinski definition) is 8. The molecule has 4 rings (SSSR count). The average Bonchev–Trinajstić information content (AvgIpc) is 3.06. The third-order valence-electron chi connectivity index (χ3n) is 6.23. The van der Waals surface area contributed by atoms with Gasteiger partial charge in [0.1, 0.15) is 12.1 Å². The Hall–Kier alpha value is -3.98. The van der Waals surface area contributed by atoms with Crippen molar-refractivity contribution < 1.29 is 28.6 Å². The van der Waals surface area contributed by atoms with E-state index in [0.717, 1.165) is 29.7 Å². The Morgan fingerprint density at radius 3 is 2.76 bits per heavy atom. The van der Waals surface area contributed by atoms with Crippen molar-refractivity contribution in [2.24, 2.45) is 0 Å². The van der Waals surface area contributed by atoms with E-state index in [-0.39, 0.29) is 32.1 Å². The predicted molar refractivity (Wildman–Crippen MR) is 137 cm³/mol. The second-order valence-corrected chi connectivity index (χ2v) is 8.97. The summed E-state index contributed by atoms with van der Waals surface area (Å²) in [4.78, 5) is 35.4. The van der Waals surface area contributed by atoms with Gasteiger partial charge < -0.3 is 29.6 Å². The second kappa shape index (κ2) is 13.0. The summed E-state index contributed by atoms with van der Waals surface area (Å²) in [6, 6.07) is 14.5. The molecule has 1 amide bonds. The van der Waals surface area contributed by atoms with Crippen molar-refractivity contribution >= 4 is 23.0 Å². The maximum absolute atomic E-state index is 12.5. The second-order valence-electron chi connectivity index (χ2n) is 8.97.